The summed E-state index contributed by atoms with van der Waals surface area (Å²) in [4.78, 5) is 13.2. The van der Waals surface area contributed by atoms with Gasteiger partial charge in [0, 0.05) is 6.20 Å². The molecule has 2 rings (SSSR count). The lowest BCUT2D eigenvalue weighted by Crippen LogP contribution is -2.20. The maximum atomic E-state index is 12.5. The number of hydrogen-bond donors (Lipinski definition) is 1. The summed E-state index contributed by atoms with van der Waals surface area (Å²) in [5.41, 5.74) is -1.36. The van der Waals surface area contributed by atoms with Gasteiger partial charge in [0.25, 0.3) is 5.56 Å². The average molecular weight is 239 g/mol. The van der Waals surface area contributed by atoms with E-state index in [0.717, 1.165) is 6.07 Å². The van der Waals surface area contributed by atoms with Crippen LogP contribution in [0.4, 0.5) is 13.2 Å². The van der Waals surface area contributed by atoms with E-state index in [1.165, 1.54) is 6.20 Å². The molecule has 1 aromatic carbocycles. The Morgan fingerprint density at radius 1 is 1.00 bits per heavy atom. The molecule has 0 unspecified atom stereocenters. The van der Waals surface area contributed by atoms with E-state index in [-0.39, 0.29) is 0 Å². The number of pyridine rings is 1. The topological polar surface area (TPSA) is 32.9 Å². The van der Waals surface area contributed by atoms with Crippen LogP contribution in [0.3, 0.4) is 0 Å². The summed E-state index contributed by atoms with van der Waals surface area (Å²) in [5.74, 6) is 0. The Morgan fingerprint density at radius 2 is 1.65 bits per heavy atom. The first-order valence-electron chi connectivity index (χ1n) is 4.84. The third-order valence-electron chi connectivity index (χ3n) is 2.32. The van der Waals surface area contributed by atoms with Crippen molar-refractivity contribution in [3.63, 3.8) is 0 Å². The number of alkyl halides is 3. The molecule has 0 radical (unpaired) electrons. The molecule has 5 heteroatoms. The zero-order valence-electron chi connectivity index (χ0n) is 8.58. The zero-order valence-corrected chi connectivity index (χ0v) is 8.58. The van der Waals surface area contributed by atoms with E-state index in [4.69, 9.17) is 0 Å². The van der Waals surface area contributed by atoms with Crippen LogP contribution < -0.4 is 5.56 Å². The fourth-order valence-electron chi connectivity index (χ4n) is 1.49. The Hall–Kier alpha value is -2.04. The third kappa shape index (κ3) is 2.38. The summed E-state index contributed by atoms with van der Waals surface area (Å²) >= 11 is 0. The number of aromatic amines is 1. The lowest BCUT2D eigenvalue weighted by atomic mass is 10.1. The van der Waals surface area contributed by atoms with Gasteiger partial charge in [-0.3, -0.25) is 4.79 Å². The molecule has 1 aromatic heterocycles. The first-order valence-corrected chi connectivity index (χ1v) is 4.84. The number of H-pyrrole nitrogens is 1. The summed E-state index contributed by atoms with van der Waals surface area (Å²) < 4.78 is 37.6. The van der Waals surface area contributed by atoms with Gasteiger partial charge in [-0.1, -0.05) is 30.3 Å². The van der Waals surface area contributed by atoms with E-state index in [0.29, 0.717) is 11.1 Å². The molecule has 0 atom stereocenters. The summed E-state index contributed by atoms with van der Waals surface area (Å²) in [6, 6.07) is 9.40. The molecule has 2 nitrogen and oxygen atoms in total. The van der Waals surface area contributed by atoms with Crippen molar-refractivity contribution in [2.45, 2.75) is 6.18 Å². The molecule has 0 spiro atoms. The molecule has 0 amide bonds. The van der Waals surface area contributed by atoms with Crippen molar-refractivity contribution >= 4 is 0 Å². The van der Waals surface area contributed by atoms with E-state index in [2.05, 4.69) is 4.98 Å². The summed E-state index contributed by atoms with van der Waals surface area (Å²) in [5, 5.41) is 0. The molecule has 88 valence electrons. The van der Waals surface area contributed by atoms with Crippen molar-refractivity contribution in [3.05, 3.63) is 58.5 Å². The molecule has 17 heavy (non-hydrogen) atoms. The zero-order chi connectivity index (χ0) is 12.5. The smallest absolute Gasteiger partial charge is 0.328 e. The Kier molecular flexibility index (Phi) is 2.75. The average Bonchev–Trinajstić information content (AvgIpc) is 2.29. The van der Waals surface area contributed by atoms with Crippen LogP contribution in [-0.2, 0) is 6.18 Å². The van der Waals surface area contributed by atoms with E-state index in [1.807, 2.05) is 0 Å². The molecule has 1 heterocycles. The van der Waals surface area contributed by atoms with Crippen LogP contribution in [0.1, 0.15) is 5.56 Å². The number of hydrogen-bond acceptors (Lipinski definition) is 1. The van der Waals surface area contributed by atoms with Crippen LogP contribution in [0.15, 0.2) is 47.4 Å². The summed E-state index contributed by atoms with van der Waals surface area (Å²) in [6.45, 7) is 0. The van der Waals surface area contributed by atoms with Crippen molar-refractivity contribution in [3.8, 4) is 11.1 Å². The fraction of sp³-hybridized carbons (Fsp3) is 0.0833. The molecule has 0 saturated heterocycles. The van der Waals surface area contributed by atoms with Crippen LogP contribution in [0.2, 0.25) is 0 Å². The van der Waals surface area contributed by atoms with Crippen LogP contribution >= 0.6 is 0 Å². The minimum atomic E-state index is -4.64. The molecule has 0 bridgehead atoms. The SMILES string of the molecule is O=c1[nH]cc(-c2ccccc2)cc1C(F)(F)F. The maximum absolute atomic E-state index is 12.5. The highest BCUT2D eigenvalue weighted by Gasteiger charge is 2.34. The molecule has 0 aliphatic carbocycles. The molecule has 0 aliphatic rings. The van der Waals surface area contributed by atoms with E-state index in [9.17, 15) is 18.0 Å². The monoisotopic (exact) mass is 239 g/mol. The van der Waals surface area contributed by atoms with Crippen LogP contribution in [-0.4, -0.2) is 4.98 Å². The van der Waals surface area contributed by atoms with Gasteiger partial charge in [0.1, 0.15) is 5.56 Å². The van der Waals surface area contributed by atoms with Gasteiger partial charge in [-0.2, -0.15) is 13.2 Å². The first-order chi connectivity index (χ1) is 7.98. The van der Waals surface area contributed by atoms with Gasteiger partial charge in [-0.15, -0.1) is 0 Å². The van der Waals surface area contributed by atoms with Crippen LogP contribution in [0.25, 0.3) is 11.1 Å². The van der Waals surface area contributed by atoms with Gasteiger partial charge in [0.05, 0.1) is 0 Å². The van der Waals surface area contributed by atoms with E-state index < -0.39 is 17.3 Å². The highest BCUT2D eigenvalue weighted by Crippen LogP contribution is 2.29. The minimum absolute atomic E-state index is 0.331. The van der Waals surface area contributed by atoms with E-state index in [1.54, 1.807) is 30.3 Å². The maximum Gasteiger partial charge on any atom is 0.421 e. The minimum Gasteiger partial charge on any atom is -0.328 e. The Labute approximate surface area is 94.7 Å². The molecule has 0 fully saturated rings. The molecular weight excluding hydrogens is 231 g/mol. The number of rotatable bonds is 1. The predicted octanol–water partition coefficient (Wildman–Crippen LogP) is 3.06. The molecule has 2 aromatic rings. The molecular formula is C12H8F3NO. The van der Waals surface area contributed by atoms with Crippen molar-refractivity contribution < 1.29 is 13.2 Å². The van der Waals surface area contributed by atoms with Crippen molar-refractivity contribution in [1.82, 2.24) is 4.98 Å². The number of aromatic nitrogens is 1. The second-order valence-corrected chi connectivity index (χ2v) is 3.49. The molecule has 0 saturated carbocycles. The molecule has 0 aliphatic heterocycles. The second-order valence-electron chi connectivity index (χ2n) is 3.49. The van der Waals surface area contributed by atoms with Gasteiger partial charge < -0.3 is 4.98 Å². The highest BCUT2D eigenvalue weighted by molar-refractivity contribution is 5.62. The van der Waals surface area contributed by atoms with Crippen molar-refractivity contribution in [2.24, 2.45) is 0 Å². The largest absolute Gasteiger partial charge is 0.421 e. The lowest BCUT2D eigenvalue weighted by Gasteiger charge is -2.07. The quantitative estimate of drug-likeness (QED) is 0.815. The summed E-state index contributed by atoms with van der Waals surface area (Å²) in [6.07, 6.45) is -3.37. The standard InChI is InChI=1S/C12H8F3NO/c13-12(14,15)10-6-9(7-16-11(10)17)8-4-2-1-3-5-8/h1-7H,(H,16,17). The van der Waals surface area contributed by atoms with Gasteiger partial charge in [0.2, 0.25) is 0 Å². The first kappa shape index (κ1) is 11.4. The van der Waals surface area contributed by atoms with Gasteiger partial charge in [-0.05, 0) is 17.2 Å². The Balaban J connectivity index is 2.57. The van der Waals surface area contributed by atoms with Gasteiger partial charge in [-0.25, -0.2) is 0 Å². The van der Waals surface area contributed by atoms with Crippen LogP contribution in [0.5, 0.6) is 0 Å². The number of benzene rings is 1. The Bertz CT molecular complexity index is 572. The van der Waals surface area contributed by atoms with Crippen molar-refractivity contribution in [2.75, 3.05) is 0 Å². The van der Waals surface area contributed by atoms with Crippen LogP contribution in [0, 0.1) is 0 Å². The normalized spacial score (nSPS) is 11.5. The van der Waals surface area contributed by atoms with Crippen molar-refractivity contribution in [1.29, 1.82) is 0 Å². The highest BCUT2D eigenvalue weighted by atomic mass is 19.4. The Morgan fingerprint density at radius 3 is 2.24 bits per heavy atom. The number of halogens is 3. The van der Waals surface area contributed by atoms with Gasteiger partial charge >= 0.3 is 6.18 Å². The second kappa shape index (κ2) is 4.08. The lowest BCUT2D eigenvalue weighted by molar-refractivity contribution is -0.138. The predicted molar refractivity (Wildman–Crippen MR) is 57.5 cm³/mol. The van der Waals surface area contributed by atoms with E-state index >= 15 is 0 Å². The summed E-state index contributed by atoms with van der Waals surface area (Å²) in [7, 11) is 0. The third-order valence-corrected chi connectivity index (χ3v) is 2.32. The fourth-order valence-corrected chi connectivity index (χ4v) is 1.49. The number of nitrogens with one attached hydrogen (secondary N) is 1. The van der Waals surface area contributed by atoms with Gasteiger partial charge in [0.15, 0.2) is 0 Å². The molecule has 1 N–H and O–H groups in total.